The molecule has 0 aromatic carbocycles. The van der Waals surface area contributed by atoms with Crippen LogP contribution in [0.25, 0.3) is 0 Å². The Hall–Kier alpha value is -2.63. The minimum Gasteiger partial charge on any atom is -0.460 e. The lowest BCUT2D eigenvalue weighted by Gasteiger charge is -2.21. The van der Waals surface area contributed by atoms with Gasteiger partial charge in [0, 0.05) is 52.9 Å². The third-order valence-electron chi connectivity index (χ3n) is 5.54. The van der Waals surface area contributed by atoms with Crippen molar-refractivity contribution in [1.29, 1.82) is 0 Å². The van der Waals surface area contributed by atoms with Crippen LogP contribution in [-0.4, -0.2) is 103 Å². The van der Waals surface area contributed by atoms with Crippen LogP contribution in [0.1, 0.15) is 67.2 Å². The summed E-state index contributed by atoms with van der Waals surface area (Å²) in [6.07, 6.45) is -0.461. The van der Waals surface area contributed by atoms with E-state index in [-0.39, 0.29) is 49.8 Å². The van der Waals surface area contributed by atoms with Crippen LogP contribution >= 0.6 is 15.6 Å². The zero-order chi connectivity index (χ0) is 35.3. The number of amides is 4. The van der Waals surface area contributed by atoms with Gasteiger partial charge in [0.2, 0.25) is 11.8 Å². The van der Waals surface area contributed by atoms with E-state index >= 15 is 0 Å². The van der Waals surface area contributed by atoms with Gasteiger partial charge in [0.15, 0.2) is 0 Å². The zero-order valence-corrected chi connectivity index (χ0v) is 28.8. The van der Waals surface area contributed by atoms with Gasteiger partial charge >= 0.3 is 33.6 Å². The van der Waals surface area contributed by atoms with E-state index < -0.39 is 72.3 Å². The van der Waals surface area contributed by atoms with Crippen LogP contribution < -0.4 is 21.3 Å². The Kier molecular flexibility index (Phi) is 21.5. The predicted octanol–water partition coefficient (Wildman–Crippen LogP) is 1.03. The number of carbonyl (C=O) groups is 5. The third kappa shape index (κ3) is 25.5. The van der Waals surface area contributed by atoms with E-state index in [1.807, 2.05) is 0 Å². The maximum Gasteiger partial charge on any atom is 0.472 e. The maximum absolute atomic E-state index is 12.2. The molecule has 0 spiro atoms. The fraction of sp³-hybridized carbons (Fsp3) is 0.800. The van der Waals surface area contributed by atoms with Crippen molar-refractivity contribution in [3.8, 4) is 0 Å². The minimum atomic E-state index is -4.57. The Labute approximate surface area is 268 Å². The number of phosphoric acid groups is 2. The van der Waals surface area contributed by atoms with Gasteiger partial charge in [-0.25, -0.2) is 13.9 Å². The lowest BCUT2D eigenvalue weighted by atomic mass is 10.1. The fourth-order valence-corrected chi connectivity index (χ4v) is 5.18. The van der Waals surface area contributed by atoms with Gasteiger partial charge in [-0.2, -0.15) is 0 Å². The molecule has 0 saturated heterocycles. The van der Waals surface area contributed by atoms with Crippen molar-refractivity contribution in [3.05, 3.63) is 0 Å². The van der Waals surface area contributed by atoms with Crippen LogP contribution in [0.3, 0.4) is 0 Å². The second kappa shape index (κ2) is 22.8. The van der Waals surface area contributed by atoms with Crippen molar-refractivity contribution in [2.75, 3.05) is 39.5 Å². The first-order valence-corrected chi connectivity index (χ1v) is 17.4. The minimum absolute atomic E-state index is 0.220. The predicted molar refractivity (Wildman–Crippen MR) is 161 cm³/mol. The van der Waals surface area contributed by atoms with E-state index in [2.05, 4.69) is 21.3 Å². The number of phosphoric ester groups is 2. The number of hydrogen-bond donors (Lipinski definition) is 6. The molecule has 19 nitrogen and oxygen atoms in total. The molecule has 4 unspecified atom stereocenters. The molecule has 6 N–H and O–H groups in total. The molecule has 6 atom stereocenters. The van der Waals surface area contributed by atoms with Gasteiger partial charge in [-0.05, 0) is 39.5 Å². The molecule has 0 aliphatic heterocycles. The fourth-order valence-electron chi connectivity index (χ4n) is 3.67. The summed E-state index contributed by atoms with van der Waals surface area (Å²) < 4.78 is 53.8. The summed E-state index contributed by atoms with van der Waals surface area (Å²) in [7, 11) is -9.14. The molecule has 0 heterocycles. The lowest BCUT2D eigenvalue weighted by molar-refractivity contribution is -0.149. The molecule has 0 aliphatic carbocycles. The molecule has 46 heavy (non-hydrogen) atoms. The second-order valence-corrected chi connectivity index (χ2v) is 13.1. The van der Waals surface area contributed by atoms with Crippen molar-refractivity contribution in [1.82, 2.24) is 21.3 Å². The Morgan fingerprint density at radius 1 is 0.609 bits per heavy atom. The van der Waals surface area contributed by atoms with Gasteiger partial charge in [0.05, 0.1) is 26.4 Å². The molecule has 0 aromatic rings. The largest absolute Gasteiger partial charge is 0.472 e. The van der Waals surface area contributed by atoms with Gasteiger partial charge in [-0.1, -0.05) is 0 Å². The summed E-state index contributed by atoms with van der Waals surface area (Å²) >= 11 is 0. The molecule has 268 valence electrons. The van der Waals surface area contributed by atoms with Gasteiger partial charge in [0.1, 0.15) is 12.2 Å². The van der Waals surface area contributed by atoms with Crippen LogP contribution in [0.5, 0.6) is 0 Å². The number of urea groups is 1. The quantitative estimate of drug-likeness (QED) is 0.0465. The smallest absolute Gasteiger partial charge is 0.460 e. The van der Waals surface area contributed by atoms with E-state index in [0.717, 1.165) is 0 Å². The lowest BCUT2D eigenvalue weighted by Crippen LogP contribution is -2.38. The summed E-state index contributed by atoms with van der Waals surface area (Å²) in [5, 5.41) is 9.98. The van der Waals surface area contributed by atoms with Crippen LogP contribution in [0.15, 0.2) is 0 Å². The molecular formula is C25H48N4O15P2. The molecule has 0 saturated carbocycles. The average Bonchev–Trinajstić information content (AvgIpc) is 2.91. The van der Waals surface area contributed by atoms with Gasteiger partial charge in [-0.15, -0.1) is 0 Å². The van der Waals surface area contributed by atoms with Crippen molar-refractivity contribution in [2.45, 2.75) is 91.5 Å². The molecular weight excluding hydrogens is 658 g/mol. The number of hydrogen-bond acceptors (Lipinski definition) is 13. The summed E-state index contributed by atoms with van der Waals surface area (Å²) in [6.45, 7) is 6.35. The zero-order valence-electron chi connectivity index (χ0n) is 27.0. The number of esters is 2. The van der Waals surface area contributed by atoms with Crippen LogP contribution in [0, 0.1) is 0 Å². The molecule has 21 heteroatoms. The highest BCUT2D eigenvalue weighted by Gasteiger charge is 2.26. The summed E-state index contributed by atoms with van der Waals surface area (Å²) in [5.74, 6) is -1.72. The van der Waals surface area contributed by atoms with Gasteiger partial charge in [-0.3, -0.25) is 37.3 Å². The van der Waals surface area contributed by atoms with Crippen molar-refractivity contribution in [3.63, 3.8) is 0 Å². The van der Waals surface area contributed by atoms with Crippen molar-refractivity contribution >= 4 is 45.4 Å². The van der Waals surface area contributed by atoms with E-state index in [9.17, 15) is 42.9 Å². The highest BCUT2D eigenvalue weighted by atomic mass is 31.2. The third-order valence-corrected chi connectivity index (χ3v) is 7.51. The summed E-state index contributed by atoms with van der Waals surface area (Å²) in [5.41, 5.74) is 0. The van der Waals surface area contributed by atoms with Gasteiger partial charge in [0.25, 0.3) is 0 Å². The Morgan fingerprint density at radius 2 is 0.957 bits per heavy atom. The first-order valence-electron chi connectivity index (χ1n) is 14.4. The molecule has 4 amide bonds. The van der Waals surface area contributed by atoms with Crippen molar-refractivity contribution < 1.29 is 70.5 Å². The topological polar surface area (TPSA) is 263 Å². The highest BCUT2D eigenvalue weighted by Crippen LogP contribution is 2.44. The number of rotatable bonds is 24. The summed E-state index contributed by atoms with van der Waals surface area (Å²) in [6, 6.07) is -1.21. The molecule has 0 bridgehead atoms. The van der Waals surface area contributed by atoms with Gasteiger partial charge < -0.3 is 40.5 Å². The molecule has 0 radical (unpaired) electrons. The molecule has 0 aromatic heterocycles. The van der Waals surface area contributed by atoms with Crippen LogP contribution in [0.2, 0.25) is 0 Å². The van der Waals surface area contributed by atoms with Crippen molar-refractivity contribution in [2.24, 2.45) is 0 Å². The Morgan fingerprint density at radius 3 is 1.26 bits per heavy atom. The first kappa shape index (κ1) is 43.4. The average molecular weight is 707 g/mol. The van der Waals surface area contributed by atoms with E-state index in [1.54, 1.807) is 13.8 Å². The Balaban J connectivity index is 4.39. The van der Waals surface area contributed by atoms with E-state index in [1.165, 1.54) is 27.7 Å². The summed E-state index contributed by atoms with van der Waals surface area (Å²) in [4.78, 5) is 76.6. The number of carbonyl (C=O) groups excluding carboxylic acids is 5. The van der Waals surface area contributed by atoms with Crippen LogP contribution in [-0.2, 0) is 55.9 Å². The molecule has 0 aliphatic rings. The van der Waals surface area contributed by atoms with E-state index in [0.29, 0.717) is 12.8 Å². The first-order chi connectivity index (χ1) is 21.3. The normalized spacial score (nSPS) is 16.3. The standard InChI is InChI=1S/C25H48N4O15P2/c1-17(28-19(3)30)7-9-23(43-21(5)32)15-41-45(35,36)39-13-11-26-25(34)27-12-14-40-46(37,38)42-16-24(44-22(6)33)10-8-18(2)29-20(4)31/h17-18,23-24H,7-16H2,1-6H3,(H,28,30)(H,29,31)(H,35,36)(H,37,38)(H2,26,27,34)/t17?,18?,23-,24-/m0/s1. The number of ether oxygens (including phenoxy) is 2. The molecule has 0 fully saturated rings. The SMILES string of the molecule is CC(=O)NC(C)CC[C@@H](COP(=O)(O)OCCNC(=O)NCCOP(=O)(O)OC[C@H](CCC(C)NC(C)=O)OC(C)=O)OC(C)=O. The monoisotopic (exact) mass is 706 g/mol. The maximum atomic E-state index is 12.2. The van der Waals surface area contributed by atoms with E-state index in [4.69, 9.17) is 27.6 Å². The van der Waals surface area contributed by atoms with Crippen LogP contribution in [0.4, 0.5) is 4.79 Å². The second-order valence-electron chi connectivity index (χ2n) is 10.2. The molecule has 0 rings (SSSR count). The Bertz CT molecular complexity index is 1000. The highest BCUT2D eigenvalue weighted by molar-refractivity contribution is 7.47. The number of nitrogens with one attached hydrogen (secondary N) is 4.